The van der Waals surface area contributed by atoms with E-state index in [0.29, 0.717) is 12.6 Å². The molecule has 6 heteroatoms. The van der Waals surface area contributed by atoms with Gasteiger partial charge in [0.2, 0.25) is 5.95 Å². The molecule has 1 aliphatic heterocycles. The minimum Gasteiger partial charge on any atom is -0.342 e. The smallest absolute Gasteiger partial charge is 0.254 e. The van der Waals surface area contributed by atoms with Gasteiger partial charge in [-0.05, 0) is 31.0 Å². The lowest BCUT2D eigenvalue weighted by atomic mass is 10.1. The Bertz CT molecular complexity index is 888. The second-order valence-electron chi connectivity index (χ2n) is 6.67. The van der Waals surface area contributed by atoms with Gasteiger partial charge >= 0.3 is 0 Å². The standard InChI is InChI=1S/C19H23N5O/c1-23-10-4-5-14(18(23)25)13-20-15-8-11-24(12-9-15)19-21-16-6-2-3-7-17(16)22-19/h2-7,10,15,20H,8-9,11-13H2,1H3,(H,21,22). The van der Waals surface area contributed by atoms with Crippen molar-refractivity contribution in [1.29, 1.82) is 0 Å². The molecule has 0 radical (unpaired) electrons. The van der Waals surface area contributed by atoms with Crippen molar-refractivity contribution in [3.05, 3.63) is 58.5 Å². The van der Waals surface area contributed by atoms with E-state index in [1.165, 1.54) is 0 Å². The van der Waals surface area contributed by atoms with Crippen LogP contribution in [-0.2, 0) is 13.6 Å². The Balaban J connectivity index is 1.35. The maximum absolute atomic E-state index is 12.1. The summed E-state index contributed by atoms with van der Waals surface area (Å²) in [7, 11) is 1.79. The Hall–Kier alpha value is -2.60. The zero-order valence-electron chi connectivity index (χ0n) is 14.4. The van der Waals surface area contributed by atoms with Crippen LogP contribution in [0.2, 0.25) is 0 Å². The highest BCUT2D eigenvalue weighted by Crippen LogP contribution is 2.20. The fourth-order valence-corrected chi connectivity index (χ4v) is 3.43. The summed E-state index contributed by atoms with van der Waals surface area (Å²) in [6, 6.07) is 12.4. The molecule has 2 aromatic heterocycles. The molecule has 0 saturated carbocycles. The molecule has 25 heavy (non-hydrogen) atoms. The predicted octanol–water partition coefficient (Wildman–Crippen LogP) is 2.02. The molecule has 1 saturated heterocycles. The molecule has 6 nitrogen and oxygen atoms in total. The number of nitrogens with one attached hydrogen (secondary N) is 2. The molecule has 1 aromatic carbocycles. The lowest BCUT2D eigenvalue weighted by Gasteiger charge is -2.32. The minimum atomic E-state index is 0.0784. The summed E-state index contributed by atoms with van der Waals surface area (Å²) < 4.78 is 1.63. The van der Waals surface area contributed by atoms with Crippen LogP contribution in [0.1, 0.15) is 18.4 Å². The Kier molecular flexibility index (Phi) is 4.28. The maximum Gasteiger partial charge on any atom is 0.254 e. The van der Waals surface area contributed by atoms with E-state index in [4.69, 9.17) is 0 Å². The fourth-order valence-electron chi connectivity index (χ4n) is 3.43. The van der Waals surface area contributed by atoms with E-state index in [1.807, 2.05) is 30.3 Å². The van der Waals surface area contributed by atoms with Crippen molar-refractivity contribution >= 4 is 17.0 Å². The van der Waals surface area contributed by atoms with Crippen LogP contribution < -0.4 is 15.8 Å². The Labute approximate surface area is 146 Å². The molecule has 3 aromatic rings. The molecule has 0 aliphatic carbocycles. The zero-order chi connectivity index (χ0) is 17.2. The number of fused-ring (bicyclic) bond motifs is 1. The van der Waals surface area contributed by atoms with Crippen LogP contribution >= 0.6 is 0 Å². The van der Waals surface area contributed by atoms with Crippen molar-refractivity contribution in [2.75, 3.05) is 18.0 Å². The number of hydrogen-bond donors (Lipinski definition) is 2. The third-order valence-electron chi connectivity index (χ3n) is 4.95. The first-order valence-electron chi connectivity index (χ1n) is 8.78. The van der Waals surface area contributed by atoms with Crippen LogP contribution in [0.5, 0.6) is 0 Å². The summed E-state index contributed by atoms with van der Waals surface area (Å²) in [5.41, 5.74) is 3.00. The predicted molar refractivity (Wildman–Crippen MR) is 99.9 cm³/mol. The summed E-state index contributed by atoms with van der Waals surface area (Å²) in [6.07, 6.45) is 3.88. The highest BCUT2D eigenvalue weighted by molar-refractivity contribution is 5.77. The first kappa shape index (κ1) is 15.9. The van der Waals surface area contributed by atoms with Crippen LogP contribution in [0.4, 0.5) is 5.95 Å². The third kappa shape index (κ3) is 3.30. The van der Waals surface area contributed by atoms with Gasteiger partial charge < -0.3 is 19.8 Å². The van der Waals surface area contributed by atoms with Crippen molar-refractivity contribution in [1.82, 2.24) is 19.9 Å². The quantitative estimate of drug-likeness (QED) is 0.764. The van der Waals surface area contributed by atoms with E-state index >= 15 is 0 Å². The molecular formula is C19H23N5O. The van der Waals surface area contributed by atoms with Crippen LogP contribution in [0, 0.1) is 0 Å². The molecule has 1 aliphatic rings. The zero-order valence-corrected chi connectivity index (χ0v) is 14.4. The van der Waals surface area contributed by atoms with Gasteiger partial charge in [-0.1, -0.05) is 18.2 Å². The number of H-pyrrole nitrogens is 1. The molecule has 0 unspecified atom stereocenters. The number of rotatable bonds is 4. The van der Waals surface area contributed by atoms with Gasteiger partial charge in [-0.3, -0.25) is 4.79 Å². The fraction of sp³-hybridized carbons (Fsp3) is 0.368. The number of anilines is 1. The van der Waals surface area contributed by atoms with Gasteiger partial charge in [0.25, 0.3) is 5.56 Å². The average molecular weight is 337 g/mol. The second kappa shape index (κ2) is 6.72. The summed E-state index contributed by atoms with van der Waals surface area (Å²) in [4.78, 5) is 22.5. The molecule has 1 fully saturated rings. The summed E-state index contributed by atoms with van der Waals surface area (Å²) >= 11 is 0. The normalized spacial score (nSPS) is 15.8. The van der Waals surface area contributed by atoms with Crippen LogP contribution in [0.25, 0.3) is 11.0 Å². The van der Waals surface area contributed by atoms with Gasteiger partial charge in [-0.25, -0.2) is 4.98 Å². The number of aromatic nitrogens is 3. The number of para-hydroxylation sites is 2. The Morgan fingerprint density at radius 1 is 1.20 bits per heavy atom. The lowest BCUT2D eigenvalue weighted by molar-refractivity contribution is 0.410. The highest BCUT2D eigenvalue weighted by Gasteiger charge is 2.21. The lowest BCUT2D eigenvalue weighted by Crippen LogP contribution is -2.43. The topological polar surface area (TPSA) is 66.0 Å². The van der Waals surface area contributed by atoms with Crippen LogP contribution in [-0.4, -0.2) is 33.7 Å². The molecule has 0 amide bonds. The molecule has 2 N–H and O–H groups in total. The van der Waals surface area contributed by atoms with Gasteiger partial charge in [0, 0.05) is 44.5 Å². The van der Waals surface area contributed by atoms with E-state index in [0.717, 1.165) is 48.5 Å². The average Bonchev–Trinajstić information content (AvgIpc) is 3.07. The van der Waals surface area contributed by atoms with Crippen molar-refractivity contribution in [3.8, 4) is 0 Å². The number of aromatic amines is 1. The van der Waals surface area contributed by atoms with E-state index in [2.05, 4.69) is 26.3 Å². The number of benzene rings is 1. The summed E-state index contributed by atoms with van der Waals surface area (Å²) in [6.45, 7) is 2.55. The van der Waals surface area contributed by atoms with Crippen LogP contribution in [0.3, 0.4) is 0 Å². The monoisotopic (exact) mass is 337 g/mol. The number of hydrogen-bond acceptors (Lipinski definition) is 4. The largest absolute Gasteiger partial charge is 0.342 e. The summed E-state index contributed by atoms with van der Waals surface area (Å²) in [5, 5.41) is 3.53. The number of aryl methyl sites for hydroxylation is 1. The molecular weight excluding hydrogens is 314 g/mol. The van der Waals surface area contributed by atoms with Gasteiger partial charge in [-0.15, -0.1) is 0 Å². The Morgan fingerprint density at radius 2 is 2.00 bits per heavy atom. The summed E-state index contributed by atoms with van der Waals surface area (Å²) in [5.74, 6) is 0.955. The van der Waals surface area contributed by atoms with Crippen LogP contribution in [0.15, 0.2) is 47.4 Å². The van der Waals surface area contributed by atoms with Gasteiger partial charge in [0.1, 0.15) is 0 Å². The van der Waals surface area contributed by atoms with Gasteiger partial charge in [0.15, 0.2) is 0 Å². The molecule has 0 atom stereocenters. The van der Waals surface area contributed by atoms with Crippen molar-refractivity contribution in [2.45, 2.75) is 25.4 Å². The van der Waals surface area contributed by atoms with E-state index < -0.39 is 0 Å². The third-order valence-corrected chi connectivity index (χ3v) is 4.95. The first-order valence-corrected chi connectivity index (χ1v) is 8.78. The van der Waals surface area contributed by atoms with E-state index in [1.54, 1.807) is 17.8 Å². The SMILES string of the molecule is Cn1cccc(CNC2CCN(c3nc4ccccc4[nH]3)CC2)c1=O. The molecule has 0 spiro atoms. The number of imidazole rings is 1. The van der Waals surface area contributed by atoms with Crippen molar-refractivity contribution < 1.29 is 0 Å². The number of piperidine rings is 1. The van der Waals surface area contributed by atoms with Gasteiger partial charge in [-0.2, -0.15) is 0 Å². The highest BCUT2D eigenvalue weighted by atomic mass is 16.1. The number of nitrogens with zero attached hydrogens (tertiary/aromatic N) is 3. The minimum absolute atomic E-state index is 0.0784. The van der Waals surface area contributed by atoms with E-state index in [-0.39, 0.29) is 5.56 Å². The molecule has 4 rings (SSSR count). The molecule has 130 valence electrons. The van der Waals surface area contributed by atoms with E-state index in [9.17, 15) is 4.79 Å². The van der Waals surface area contributed by atoms with Gasteiger partial charge in [0.05, 0.1) is 11.0 Å². The molecule has 3 heterocycles. The van der Waals surface area contributed by atoms with Crippen molar-refractivity contribution in [3.63, 3.8) is 0 Å². The maximum atomic E-state index is 12.1. The van der Waals surface area contributed by atoms with Crippen molar-refractivity contribution in [2.24, 2.45) is 7.05 Å². The number of pyridine rings is 1. The second-order valence-corrected chi connectivity index (χ2v) is 6.67. The molecule has 0 bridgehead atoms. The first-order chi connectivity index (χ1) is 12.2. The Morgan fingerprint density at radius 3 is 2.80 bits per heavy atom.